The molecule has 0 saturated carbocycles. The molecule has 0 aliphatic rings. The zero-order valence-corrected chi connectivity index (χ0v) is 27.3. The molecule has 0 bridgehead atoms. The van der Waals surface area contributed by atoms with Gasteiger partial charge in [-0.3, -0.25) is 0 Å². The van der Waals surface area contributed by atoms with Gasteiger partial charge < -0.3 is 9.32 Å². The van der Waals surface area contributed by atoms with Gasteiger partial charge in [-0.05, 0) is 115 Å². The summed E-state index contributed by atoms with van der Waals surface area (Å²) in [6, 6.07) is 67.7. The Morgan fingerprint density at radius 3 is 1.62 bits per heavy atom. The van der Waals surface area contributed by atoms with Crippen molar-refractivity contribution in [3.63, 3.8) is 0 Å². The largest absolute Gasteiger partial charge is 0.456 e. The maximum Gasteiger partial charge on any atom is 0.136 e. The monoisotopic (exact) mass is 637 g/mol. The summed E-state index contributed by atoms with van der Waals surface area (Å²) in [7, 11) is 0. The van der Waals surface area contributed by atoms with Crippen molar-refractivity contribution in [2.75, 3.05) is 4.90 Å². The van der Waals surface area contributed by atoms with Crippen molar-refractivity contribution < 1.29 is 4.42 Å². The predicted molar refractivity (Wildman–Crippen MR) is 212 cm³/mol. The molecule has 9 aromatic carbocycles. The minimum Gasteiger partial charge on any atom is -0.456 e. The van der Waals surface area contributed by atoms with Crippen molar-refractivity contribution in [2.45, 2.75) is 0 Å². The van der Waals surface area contributed by atoms with Crippen molar-refractivity contribution in [2.24, 2.45) is 0 Å². The molecule has 0 aliphatic carbocycles. The van der Waals surface area contributed by atoms with Gasteiger partial charge in [0, 0.05) is 27.8 Å². The summed E-state index contributed by atoms with van der Waals surface area (Å²) >= 11 is 0. The maximum atomic E-state index is 6.25. The van der Waals surface area contributed by atoms with Gasteiger partial charge in [0.25, 0.3) is 0 Å². The van der Waals surface area contributed by atoms with E-state index in [0.717, 1.165) is 39.0 Å². The number of anilines is 3. The van der Waals surface area contributed by atoms with Crippen LogP contribution in [0.3, 0.4) is 0 Å². The number of rotatable bonds is 5. The third-order valence-electron chi connectivity index (χ3n) is 10.00. The van der Waals surface area contributed by atoms with Gasteiger partial charge in [0.1, 0.15) is 11.2 Å². The molecule has 1 heterocycles. The SMILES string of the molecule is c1ccc(-c2ccc(N(c3ccc4cc(-c5ccccc5)ccc4c3)c3ccc4ccc5cc6oc7ccccc7c6cc5c4c3)cc2)cc1. The van der Waals surface area contributed by atoms with Crippen LogP contribution in [0.25, 0.3) is 76.5 Å². The standard InChI is InChI=1S/C48H31NO/c1-3-9-32(10-4-1)34-19-23-40(24-20-34)49(41-26-22-37-27-36(16-17-38(37)28-41)33-11-5-2-6-12-33)42-25-21-35-15-18-39-29-48-46(31-45(39)44(35)30-42)43-13-7-8-14-47(43)50-48/h1-31H. The molecule has 1 aromatic heterocycles. The molecule has 0 saturated heterocycles. The van der Waals surface area contributed by atoms with E-state index in [2.05, 4.69) is 181 Å². The van der Waals surface area contributed by atoms with Gasteiger partial charge in [0.2, 0.25) is 0 Å². The fourth-order valence-corrected chi connectivity index (χ4v) is 7.46. The van der Waals surface area contributed by atoms with Crippen LogP contribution in [0.5, 0.6) is 0 Å². The van der Waals surface area contributed by atoms with Crippen LogP contribution in [0.2, 0.25) is 0 Å². The smallest absolute Gasteiger partial charge is 0.136 e. The van der Waals surface area contributed by atoms with Gasteiger partial charge >= 0.3 is 0 Å². The minimum absolute atomic E-state index is 0.917. The Labute approximate surface area is 290 Å². The lowest BCUT2D eigenvalue weighted by molar-refractivity contribution is 0.669. The Balaban J connectivity index is 1.15. The number of nitrogens with zero attached hydrogens (tertiary/aromatic N) is 1. The molecule has 0 atom stereocenters. The molecule has 0 radical (unpaired) electrons. The van der Waals surface area contributed by atoms with Crippen molar-refractivity contribution >= 4 is 71.3 Å². The fourth-order valence-electron chi connectivity index (χ4n) is 7.46. The molecule has 234 valence electrons. The van der Waals surface area contributed by atoms with Crippen LogP contribution in [-0.2, 0) is 0 Å². The summed E-state index contributed by atoms with van der Waals surface area (Å²) in [5.41, 5.74) is 10.0. The number of hydrogen-bond acceptors (Lipinski definition) is 2. The normalized spacial score (nSPS) is 11.6. The Hall–Kier alpha value is -6.64. The highest BCUT2D eigenvalue weighted by molar-refractivity contribution is 6.17. The Kier molecular flexibility index (Phi) is 6.53. The van der Waals surface area contributed by atoms with E-state index in [1.807, 2.05) is 12.1 Å². The average Bonchev–Trinajstić information content (AvgIpc) is 3.55. The van der Waals surface area contributed by atoms with E-state index >= 15 is 0 Å². The highest BCUT2D eigenvalue weighted by Gasteiger charge is 2.16. The average molecular weight is 638 g/mol. The molecule has 50 heavy (non-hydrogen) atoms. The topological polar surface area (TPSA) is 16.4 Å². The highest BCUT2D eigenvalue weighted by atomic mass is 16.3. The van der Waals surface area contributed by atoms with Crippen molar-refractivity contribution in [1.29, 1.82) is 0 Å². The van der Waals surface area contributed by atoms with E-state index in [9.17, 15) is 0 Å². The van der Waals surface area contributed by atoms with Crippen molar-refractivity contribution in [3.05, 3.63) is 188 Å². The zero-order chi connectivity index (χ0) is 33.0. The van der Waals surface area contributed by atoms with Gasteiger partial charge in [-0.25, -0.2) is 0 Å². The molecule has 2 heteroatoms. The van der Waals surface area contributed by atoms with Crippen LogP contribution < -0.4 is 4.90 Å². The summed E-state index contributed by atoms with van der Waals surface area (Å²) in [4.78, 5) is 2.38. The first-order valence-electron chi connectivity index (χ1n) is 17.1. The van der Waals surface area contributed by atoms with Gasteiger partial charge in [-0.2, -0.15) is 0 Å². The maximum absolute atomic E-state index is 6.25. The third kappa shape index (κ3) is 4.81. The first-order valence-corrected chi connectivity index (χ1v) is 17.1. The quantitative estimate of drug-likeness (QED) is 0.175. The summed E-state index contributed by atoms with van der Waals surface area (Å²) in [5.74, 6) is 0. The second-order valence-corrected chi connectivity index (χ2v) is 13.0. The zero-order valence-electron chi connectivity index (χ0n) is 27.3. The van der Waals surface area contributed by atoms with E-state index < -0.39 is 0 Å². The summed E-state index contributed by atoms with van der Waals surface area (Å²) in [6.45, 7) is 0. The van der Waals surface area contributed by atoms with E-state index in [0.29, 0.717) is 0 Å². The van der Waals surface area contributed by atoms with Gasteiger partial charge in [0.05, 0.1) is 0 Å². The Morgan fingerprint density at radius 1 is 0.280 bits per heavy atom. The fraction of sp³-hybridized carbons (Fsp3) is 0. The predicted octanol–water partition coefficient (Wildman–Crippen LogP) is 13.8. The molecular formula is C48H31NO. The van der Waals surface area contributed by atoms with Gasteiger partial charge in [0.15, 0.2) is 0 Å². The van der Waals surface area contributed by atoms with Crippen LogP contribution >= 0.6 is 0 Å². The van der Waals surface area contributed by atoms with E-state index in [-0.39, 0.29) is 0 Å². The van der Waals surface area contributed by atoms with Crippen LogP contribution in [0.15, 0.2) is 192 Å². The lowest BCUT2D eigenvalue weighted by Gasteiger charge is -2.26. The van der Waals surface area contributed by atoms with E-state index in [4.69, 9.17) is 4.42 Å². The molecule has 0 N–H and O–H groups in total. The number of fused-ring (bicyclic) bond motifs is 7. The van der Waals surface area contributed by atoms with Crippen LogP contribution in [-0.4, -0.2) is 0 Å². The van der Waals surface area contributed by atoms with Crippen molar-refractivity contribution in [1.82, 2.24) is 0 Å². The van der Waals surface area contributed by atoms with Crippen LogP contribution in [0.4, 0.5) is 17.1 Å². The molecule has 0 amide bonds. The minimum atomic E-state index is 0.917. The number of para-hydroxylation sites is 1. The summed E-state index contributed by atoms with van der Waals surface area (Å²) in [5, 5.41) is 9.51. The first kappa shape index (κ1) is 28.4. The van der Waals surface area contributed by atoms with Gasteiger partial charge in [-0.1, -0.05) is 127 Å². The molecule has 0 fully saturated rings. The summed E-state index contributed by atoms with van der Waals surface area (Å²) < 4.78 is 6.25. The molecule has 0 unspecified atom stereocenters. The molecular weight excluding hydrogens is 607 g/mol. The van der Waals surface area contributed by atoms with Crippen LogP contribution in [0.1, 0.15) is 0 Å². The molecule has 0 spiro atoms. The lowest BCUT2D eigenvalue weighted by atomic mass is 9.98. The molecule has 10 rings (SSSR count). The highest BCUT2D eigenvalue weighted by Crippen LogP contribution is 2.41. The third-order valence-corrected chi connectivity index (χ3v) is 10.00. The first-order chi connectivity index (χ1) is 24.7. The second kappa shape index (κ2) is 11.5. The molecule has 0 aliphatic heterocycles. The Bertz CT molecular complexity index is 2850. The van der Waals surface area contributed by atoms with E-state index in [1.54, 1.807) is 0 Å². The summed E-state index contributed by atoms with van der Waals surface area (Å²) in [6.07, 6.45) is 0. The van der Waals surface area contributed by atoms with E-state index in [1.165, 1.54) is 54.6 Å². The number of benzene rings is 9. The number of hydrogen-bond donors (Lipinski definition) is 0. The molecule has 2 nitrogen and oxygen atoms in total. The number of furan rings is 1. The van der Waals surface area contributed by atoms with Gasteiger partial charge in [-0.15, -0.1) is 0 Å². The second-order valence-electron chi connectivity index (χ2n) is 13.0. The molecule has 10 aromatic rings. The lowest BCUT2D eigenvalue weighted by Crippen LogP contribution is -2.10. The van der Waals surface area contributed by atoms with Crippen LogP contribution in [0, 0.1) is 0 Å². The van der Waals surface area contributed by atoms with Crippen molar-refractivity contribution in [3.8, 4) is 22.3 Å². The Morgan fingerprint density at radius 2 is 0.820 bits per heavy atom.